The largest absolute Gasteiger partial charge is 0.494 e. The summed E-state index contributed by atoms with van der Waals surface area (Å²) in [4.78, 5) is 8.46. The first-order valence-corrected chi connectivity index (χ1v) is 9.83. The molecule has 0 aliphatic heterocycles. The molecule has 0 bridgehead atoms. The maximum absolute atomic E-state index is 13.8. The van der Waals surface area contributed by atoms with Gasteiger partial charge in [0.1, 0.15) is 4.34 Å². The number of benzene rings is 1. The molecule has 0 radical (unpaired) electrons. The number of ether oxygens (including phenoxy) is 1. The van der Waals surface area contributed by atoms with E-state index in [4.69, 9.17) is 4.74 Å². The van der Waals surface area contributed by atoms with Crippen LogP contribution in [0.1, 0.15) is 24.9 Å². The van der Waals surface area contributed by atoms with E-state index in [1.54, 1.807) is 36.2 Å². The van der Waals surface area contributed by atoms with Crippen LogP contribution in [0.3, 0.4) is 0 Å². The lowest BCUT2D eigenvalue weighted by Gasteiger charge is -2.18. The molecule has 0 fully saturated rings. The van der Waals surface area contributed by atoms with E-state index in [-0.39, 0.29) is 41.6 Å². The summed E-state index contributed by atoms with van der Waals surface area (Å²) in [5, 5.41) is 8.53. The minimum absolute atomic E-state index is 0. The van der Waals surface area contributed by atoms with Crippen molar-refractivity contribution in [3.63, 3.8) is 0 Å². The molecular weight excluding hydrogens is 486 g/mol. The molecule has 1 heterocycles. The van der Waals surface area contributed by atoms with Crippen LogP contribution in [0.25, 0.3) is 0 Å². The van der Waals surface area contributed by atoms with Crippen LogP contribution >= 0.6 is 47.1 Å². The van der Waals surface area contributed by atoms with Gasteiger partial charge in [-0.2, -0.15) is 0 Å². The summed E-state index contributed by atoms with van der Waals surface area (Å²) in [5.74, 6) is 1.58. The first kappa shape index (κ1) is 23.0. The number of nitrogens with one attached hydrogen (secondary N) is 2. The number of aromatic nitrogens is 1. The fraction of sp³-hybridized carbons (Fsp3) is 0.412. The Morgan fingerprint density at radius 1 is 1.46 bits per heavy atom. The van der Waals surface area contributed by atoms with Crippen LogP contribution in [0.2, 0.25) is 0 Å². The van der Waals surface area contributed by atoms with Crippen molar-refractivity contribution in [1.29, 1.82) is 0 Å². The van der Waals surface area contributed by atoms with Crippen molar-refractivity contribution >= 4 is 53.0 Å². The Morgan fingerprint density at radius 2 is 2.27 bits per heavy atom. The van der Waals surface area contributed by atoms with Crippen LogP contribution in [0.4, 0.5) is 4.39 Å². The maximum Gasteiger partial charge on any atom is 0.191 e. The normalized spacial score (nSPS) is 12.2. The van der Waals surface area contributed by atoms with Crippen LogP contribution < -0.4 is 15.4 Å². The smallest absolute Gasteiger partial charge is 0.191 e. The van der Waals surface area contributed by atoms with Crippen molar-refractivity contribution in [2.45, 2.75) is 23.7 Å². The second-order valence-electron chi connectivity index (χ2n) is 5.26. The number of guanidine groups is 1. The third-order valence-electron chi connectivity index (χ3n) is 3.50. The molecule has 26 heavy (non-hydrogen) atoms. The van der Waals surface area contributed by atoms with Gasteiger partial charge in [-0.25, -0.2) is 9.37 Å². The molecule has 1 atom stereocenters. The van der Waals surface area contributed by atoms with Crippen molar-refractivity contribution < 1.29 is 9.13 Å². The number of nitrogens with zero attached hydrogens (tertiary/aromatic N) is 2. The summed E-state index contributed by atoms with van der Waals surface area (Å²) in [5.41, 5.74) is 0.834. The molecule has 0 spiro atoms. The average molecular weight is 510 g/mol. The Morgan fingerprint density at radius 3 is 2.88 bits per heavy atom. The van der Waals surface area contributed by atoms with Crippen LogP contribution in [-0.4, -0.2) is 37.4 Å². The summed E-state index contributed by atoms with van der Waals surface area (Å²) in [6, 6.07) is 4.89. The molecule has 2 aromatic rings. The molecule has 5 nitrogen and oxygen atoms in total. The number of aliphatic imine (C=N–C) groups is 1. The molecule has 0 aliphatic carbocycles. The van der Waals surface area contributed by atoms with Crippen LogP contribution in [-0.2, 0) is 0 Å². The highest BCUT2D eigenvalue weighted by Gasteiger charge is 2.11. The van der Waals surface area contributed by atoms with E-state index < -0.39 is 0 Å². The number of hydrogen-bond acceptors (Lipinski definition) is 5. The second-order valence-corrected chi connectivity index (χ2v) is 7.50. The number of halogens is 2. The highest BCUT2D eigenvalue weighted by molar-refractivity contribution is 14.0. The number of thiazole rings is 1. The zero-order chi connectivity index (χ0) is 18.1. The van der Waals surface area contributed by atoms with Gasteiger partial charge in [0.15, 0.2) is 17.5 Å². The van der Waals surface area contributed by atoms with E-state index in [2.05, 4.69) is 20.6 Å². The van der Waals surface area contributed by atoms with Gasteiger partial charge in [-0.15, -0.1) is 35.3 Å². The minimum Gasteiger partial charge on any atom is -0.494 e. The van der Waals surface area contributed by atoms with E-state index >= 15 is 0 Å². The standard InChI is InChI=1S/C17H23FN4OS2.HI/c1-12(13-5-6-15(23-3)14(18)11-13)22-16(19-2)20-7-4-9-24-17-21-8-10-25-17;/h5-6,8,10-12H,4,7,9H2,1-3H3,(H2,19,20,22);1H. The summed E-state index contributed by atoms with van der Waals surface area (Å²) in [7, 11) is 3.18. The fourth-order valence-electron chi connectivity index (χ4n) is 2.16. The number of methoxy groups -OCH3 is 1. The molecule has 0 saturated heterocycles. The number of thioether (sulfide) groups is 1. The summed E-state index contributed by atoms with van der Waals surface area (Å²) >= 11 is 3.41. The van der Waals surface area contributed by atoms with Gasteiger partial charge in [-0.3, -0.25) is 4.99 Å². The lowest BCUT2D eigenvalue weighted by Crippen LogP contribution is -2.39. The summed E-state index contributed by atoms with van der Waals surface area (Å²) in [6.45, 7) is 2.77. The van der Waals surface area contributed by atoms with Crippen LogP contribution in [0, 0.1) is 5.82 Å². The van der Waals surface area contributed by atoms with Gasteiger partial charge in [-0.05, 0) is 31.0 Å². The molecule has 1 aromatic carbocycles. The highest BCUT2D eigenvalue weighted by Crippen LogP contribution is 2.22. The van der Waals surface area contributed by atoms with Crippen LogP contribution in [0.15, 0.2) is 39.1 Å². The quantitative estimate of drug-likeness (QED) is 0.182. The Hall–Kier alpha value is -1.07. The Kier molecular flexibility index (Phi) is 10.9. The van der Waals surface area contributed by atoms with E-state index in [9.17, 15) is 4.39 Å². The highest BCUT2D eigenvalue weighted by atomic mass is 127. The first-order chi connectivity index (χ1) is 12.1. The molecule has 1 unspecified atom stereocenters. The molecule has 9 heteroatoms. The van der Waals surface area contributed by atoms with Gasteiger partial charge >= 0.3 is 0 Å². The third-order valence-corrected chi connectivity index (χ3v) is 5.55. The predicted octanol–water partition coefficient (Wildman–Crippen LogP) is 4.32. The summed E-state index contributed by atoms with van der Waals surface area (Å²) < 4.78 is 19.9. The molecule has 0 saturated carbocycles. The van der Waals surface area contributed by atoms with E-state index in [0.717, 1.165) is 28.6 Å². The third kappa shape index (κ3) is 7.28. The van der Waals surface area contributed by atoms with E-state index in [1.165, 1.54) is 13.2 Å². The Labute approximate surface area is 179 Å². The van der Waals surface area contributed by atoms with Crippen molar-refractivity contribution in [1.82, 2.24) is 15.6 Å². The topological polar surface area (TPSA) is 58.5 Å². The molecule has 0 aliphatic rings. The minimum atomic E-state index is -0.365. The Balaban J connectivity index is 0.00000338. The molecule has 0 amide bonds. The number of hydrogen-bond donors (Lipinski definition) is 2. The molecule has 1 aromatic heterocycles. The van der Waals surface area contributed by atoms with Crippen molar-refractivity contribution in [2.75, 3.05) is 26.5 Å². The van der Waals surface area contributed by atoms with Gasteiger partial charge in [0, 0.05) is 30.9 Å². The molecule has 2 rings (SSSR count). The predicted molar refractivity (Wildman–Crippen MR) is 119 cm³/mol. The van der Waals surface area contributed by atoms with Crippen molar-refractivity contribution in [3.8, 4) is 5.75 Å². The summed E-state index contributed by atoms with van der Waals surface area (Å²) in [6.07, 6.45) is 2.82. The Bertz CT molecular complexity index is 685. The van der Waals surface area contributed by atoms with Gasteiger partial charge in [-0.1, -0.05) is 17.8 Å². The monoisotopic (exact) mass is 510 g/mol. The first-order valence-electron chi connectivity index (χ1n) is 7.97. The van der Waals surface area contributed by atoms with Gasteiger partial charge in [0.25, 0.3) is 0 Å². The zero-order valence-electron chi connectivity index (χ0n) is 15.0. The fourth-order valence-corrected chi connectivity index (χ4v) is 3.80. The van der Waals surface area contributed by atoms with Gasteiger partial charge < -0.3 is 15.4 Å². The average Bonchev–Trinajstić information content (AvgIpc) is 3.13. The van der Waals surface area contributed by atoms with E-state index in [1.807, 2.05) is 24.6 Å². The van der Waals surface area contributed by atoms with Gasteiger partial charge in [0.05, 0.1) is 13.2 Å². The second kappa shape index (κ2) is 12.3. The molecule has 144 valence electrons. The zero-order valence-corrected chi connectivity index (χ0v) is 19.0. The maximum atomic E-state index is 13.8. The molecular formula is C17H24FIN4OS2. The van der Waals surface area contributed by atoms with Crippen molar-refractivity contribution in [2.24, 2.45) is 4.99 Å². The van der Waals surface area contributed by atoms with E-state index in [0.29, 0.717) is 5.96 Å². The lowest BCUT2D eigenvalue weighted by molar-refractivity contribution is 0.386. The van der Waals surface area contributed by atoms with Crippen LogP contribution in [0.5, 0.6) is 5.75 Å². The number of rotatable bonds is 8. The van der Waals surface area contributed by atoms with Crippen molar-refractivity contribution in [3.05, 3.63) is 41.2 Å². The lowest BCUT2D eigenvalue weighted by atomic mass is 10.1. The van der Waals surface area contributed by atoms with Gasteiger partial charge in [0.2, 0.25) is 0 Å². The molecule has 2 N–H and O–H groups in total. The SMILES string of the molecule is CN=C(NCCCSc1nccs1)NC(C)c1ccc(OC)c(F)c1.I.